The van der Waals surface area contributed by atoms with Crippen LogP contribution in [0.1, 0.15) is 19.4 Å². The van der Waals surface area contributed by atoms with Crippen LogP contribution in [0.3, 0.4) is 0 Å². The van der Waals surface area contributed by atoms with Gasteiger partial charge in [-0.15, -0.1) is 0 Å². The van der Waals surface area contributed by atoms with Gasteiger partial charge in [-0.1, -0.05) is 13.8 Å². The molecule has 3 nitrogen and oxygen atoms in total. The lowest BCUT2D eigenvalue weighted by Crippen LogP contribution is -2.36. The van der Waals surface area contributed by atoms with Crippen molar-refractivity contribution in [3.05, 3.63) is 30.1 Å². The summed E-state index contributed by atoms with van der Waals surface area (Å²) in [5.74, 6) is 0.368. The first-order valence-corrected chi connectivity index (χ1v) is 5.64. The van der Waals surface area contributed by atoms with Crippen LogP contribution in [0.15, 0.2) is 24.5 Å². The molecule has 1 aromatic heterocycles. The van der Waals surface area contributed by atoms with E-state index in [0.29, 0.717) is 5.92 Å². The number of nitriles is 1. The van der Waals surface area contributed by atoms with Gasteiger partial charge in [-0.25, -0.2) is 0 Å². The molecule has 0 aromatic carbocycles. The fourth-order valence-electron chi connectivity index (χ4n) is 1.75. The zero-order chi connectivity index (χ0) is 12.0. The average molecular weight is 217 g/mol. The van der Waals surface area contributed by atoms with Crippen molar-refractivity contribution in [1.29, 1.82) is 5.26 Å². The van der Waals surface area contributed by atoms with Crippen LogP contribution < -0.4 is 0 Å². The topological polar surface area (TPSA) is 39.9 Å². The van der Waals surface area contributed by atoms with Crippen LogP contribution in [0, 0.1) is 17.2 Å². The smallest absolute Gasteiger partial charge is 0.0998 e. The van der Waals surface area contributed by atoms with Gasteiger partial charge >= 0.3 is 0 Å². The van der Waals surface area contributed by atoms with E-state index in [1.165, 1.54) is 5.56 Å². The molecule has 0 saturated carbocycles. The Hall–Kier alpha value is -1.40. The first kappa shape index (κ1) is 12.7. The minimum Gasteiger partial charge on any atom is -0.291 e. The predicted octanol–water partition coefficient (Wildman–Crippen LogP) is 2.10. The number of likely N-dealkylation sites (N-methyl/N-ethyl adjacent to an activating group) is 1. The van der Waals surface area contributed by atoms with Gasteiger partial charge in [-0.05, 0) is 37.1 Å². The number of pyridine rings is 1. The van der Waals surface area contributed by atoms with Crippen LogP contribution in [0.4, 0.5) is 0 Å². The van der Waals surface area contributed by atoms with Crippen molar-refractivity contribution in [2.45, 2.75) is 26.3 Å². The SMILES string of the molecule is CC(C)C(C#N)N(C)CCc1ccncc1. The zero-order valence-corrected chi connectivity index (χ0v) is 10.2. The van der Waals surface area contributed by atoms with Crippen LogP contribution in [-0.2, 0) is 6.42 Å². The Morgan fingerprint density at radius 3 is 2.50 bits per heavy atom. The summed E-state index contributed by atoms with van der Waals surface area (Å²) < 4.78 is 0. The van der Waals surface area contributed by atoms with E-state index in [2.05, 4.69) is 29.8 Å². The van der Waals surface area contributed by atoms with Gasteiger partial charge in [-0.2, -0.15) is 5.26 Å². The van der Waals surface area contributed by atoms with E-state index in [1.54, 1.807) is 12.4 Å². The highest BCUT2D eigenvalue weighted by Gasteiger charge is 2.17. The predicted molar refractivity (Wildman–Crippen MR) is 64.8 cm³/mol. The molecule has 1 aromatic rings. The summed E-state index contributed by atoms with van der Waals surface area (Å²) in [6.45, 7) is 5.06. The van der Waals surface area contributed by atoms with E-state index in [0.717, 1.165) is 13.0 Å². The second kappa shape index (κ2) is 6.24. The fourth-order valence-corrected chi connectivity index (χ4v) is 1.75. The molecule has 1 heterocycles. The van der Waals surface area contributed by atoms with Gasteiger partial charge in [0.15, 0.2) is 0 Å². The molecule has 0 bridgehead atoms. The van der Waals surface area contributed by atoms with E-state index in [4.69, 9.17) is 5.26 Å². The van der Waals surface area contributed by atoms with Crippen molar-refractivity contribution in [3.8, 4) is 6.07 Å². The van der Waals surface area contributed by atoms with Crippen LogP contribution in [0.5, 0.6) is 0 Å². The Bertz CT molecular complexity index is 340. The molecule has 0 radical (unpaired) electrons. The van der Waals surface area contributed by atoms with E-state index in [-0.39, 0.29) is 6.04 Å². The summed E-state index contributed by atoms with van der Waals surface area (Å²) in [6, 6.07) is 6.39. The van der Waals surface area contributed by atoms with E-state index < -0.39 is 0 Å². The van der Waals surface area contributed by atoms with Crippen molar-refractivity contribution < 1.29 is 0 Å². The van der Waals surface area contributed by atoms with Gasteiger partial charge in [0, 0.05) is 18.9 Å². The molecule has 0 aliphatic rings. The van der Waals surface area contributed by atoms with Crippen LogP contribution >= 0.6 is 0 Å². The number of aromatic nitrogens is 1. The molecule has 1 atom stereocenters. The molecule has 0 aliphatic carbocycles. The van der Waals surface area contributed by atoms with Crippen molar-refractivity contribution >= 4 is 0 Å². The first-order valence-electron chi connectivity index (χ1n) is 5.64. The lowest BCUT2D eigenvalue weighted by molar-refractivity contribution is 0.241. The second-order valence-corrected chi connectivity index (χ2v) is 4.40. The summed E-state index contributed by atoms with van der Waals surface area (Å²) in [4.78, 5) is 6.10. The maximum atomic E-state index is 9.06. The molecule has 0 aliphatic heterocycles. The normalized spacial score (nSPS) is 12.8. The number of rotatable bonds is 5. The lowest BCUT2D eigenvalue weighted by Gasteiger charge is -2.25. The molecule has 0 fully saturated rings. The Balaban J connectivity index is 2.47. The van der Waals surface area contributed by atoms with Crippen LogP contribution in [0.2, 0.25) is 0 Å². The first-order chi connectivity index (χ1) is 7.65. The summed E-state index contributed by atoms with van der Waals surface area (Å²) in [5, 5.41) is 9.06. The highest BCUT2D eigenvalue weighted by Crippen LogP contribution is 2.09. The largest absolute Gasteiger partial charge is 0.291 e. The third kappa shape index (κ3) is 3.63. The van der Waals surface area contributed by atoms with Crippen molar-refractivity contribution in [3.63, 3.8) is 0 Å². The van der Waals surface area contributed by atoms with Crippen LogP contribution in [0.25, 0.3) is 0 Å². The van der Waals surface area contributed by atoms with E-state index in [1.807, 2.05) is 19.2 Å². The standard InChI is InChI=1S/C13H19N3/c1-11(2)13(10-14)16(3)9-6-12-4-7-15-8-5-12/h4-5,7-8,11,13H,6,9H2,1-3H3. The van der Waals surface area contributed by atoms with Gasteiger partial charge < -0.3 is 0 Å². The summed E-state index contributed by atoms with van der Waals surface area (Å²) in [6.07, 6.45) is 4.57. The number of hydrogen-bond donors (Lipinski definition) is 0. The molecule has 1 rings (SSSR count). The molecule has 0 spiro atoms. The quantitative estimate of drug-likeness (QED) is 0.758. The highest BCUT2D eigenvalue weighted by molar-refractivity contribution is 5.10. The monoisotopic (exact) mass is 217 g/mol. The maximum absolute atomic E-state index is 9.06. The molecule has 0 N–H and O–H groups in total. The average Bonchev–Trinajstić information content (AvgIpc) is 2.28. The Morgan fingerprint density at radius 1 is 1.38 bits per heavy atom. The second-order valence-electron chi connectivity index (χ2n) is 4.40. The molecule has 0 amide bonds. The van der Waals surface area contributed by atoms with Gasteiger partial charge in [0.2, 0.25) is 0 Å². The summed E-state index contributed by atoms with van der Waals surface area (Å²) in [7, 11) is 2.01. The molecule has 86 valence electrons. The summed E-state index contributed by atoms with van der Waals surface area (Å²) in [5.41, 5.74) is 1.27. The Morgan fingerprint density at radius 2 is 2.00 bits per heavy atom. The van der Waals surface area contributed by atoms with Gasteiger partial charge in [0.05, 0.1) is 12.1 Å². The summed E-state index contributed by atoms with van der Waals surface area (Å²) >= 11 is 0. The molecule has 16 heavy (non-hydrogen) atoms. The molecule has 0 saturated heterocycles. The molecular weight excluding hydrogens is 198 g/mol. The van der Waals surface area contributed by atoms with Crippen molar-refractivity contribution in [2.24, 2.45) is 5.92 Å². The maximum Gasteiger partial charge on any atom is 0.0998 e. The van der Waals surface area contributed by atoms with Gasteiger partial charge in [-0.3, -0.25) is 9.88 Å². The minimum absolute atomic E-state index is 0.00170. The zero-order valence-electron chi connectivity index (χ0n) is 10.2. The van der Waals surface area contributed by atoms with Crippen LogP contribution in [-0.4, -0.2) is 29.5 Å². The van der Waals surface area contributed by atoms with E-state index >= 15 is 0 Å². The van der Waals surface area contributed by atoms with Gasteiger partial charge in [0.1, 0.15) is 0 Å². The van der Waals surface area contributed by atoms with Crippen molar-refractivity contribution in [2.75, 3.05) is 13.6 Å². The Kier molecular flexibility index (Phi) is 4.94. The Labute approximate surface area is 97.7 Å². The molecule has 1 unspecified atom stereocenters. The number of hydrogen-bond acceptors (Lipinski definition) is 3. The molecule has 3 heteroatoms. The van der Waals surface area contributed by atoms with Gasteiger partial charge in [0.25, 0.3) is 0 Å². The molecular formula is C13H19N3. The third-order valence-corrected chi connectivity index (χ3v) is 2.74. The third-order valence-electron chi connectivity index (χ3n) is 2.74. The fraction of sp³-hybridized carbons (Fsp3) is 0.538. The number of nitrogens with zero attached hydrogens (tertiary/aromatic N) is 3. The van der Waals surface area contributed by atoms with E-state index in [9.17, 15) is 0 Å². The minimum atomic E-state index is 0.00170. The lowest BCUT2D eigenvalue weighted by atomic mass is 10.0. The highest BCUT2D eigenvalue weighted by atomic mass is 15.1. The van der Waals surface area contributed by atoms with Crippen molar-refractivity contribution in [1.82, 2.24) is 9.88 Å².